The molecule has 0 saturated heterocycles. The summed E-state index contributed by atoms with van der Waals surface area (Å²) in [5.41, 5.74) is 3.34. The molecule has 6 heteroatoms. The molecule has 0 saturated carbocycles. The third-order valence-corrected chi connectivity index (χ3v) is 3.71. The molecule has 2 aromatic heterocycles. The molecule has 0 amide bonds. The van der Waals surface area contributed by atoms with Crippen molar-refractivity contribution in [3.63, 3.8) is 0 Å². The Bertz CT molecular complexity index is 980. The Hall–Kier alpha value is -3.41. The first-order valence-electron chi connectivity index (χ1n) is 8.09. The van der Waals surface area contributed by atoms with Gasteiger partial charge >= 0.3 is 0 Å². The standard InChI is InChI=1S/C19H17N5O/c1-2-25-16-10-8-14(9-11-16)22-18-13-20-19-17(23-18)12-21-24(19)15-6-4-3-5-7-15/h3-13H,2H2,1H3,(H,22,23). The average molecular weight is 331 g/mol. The Labute approximate surface area is 145 Å². The fourth-order valence-electron chi connectivity index (χ4n) is 2.58. The summed E-state index contributed by atoms with van der Waals surface area (Å²) in [6.07, 6.45) is 3.43. The van der Waals surface area contributed by atoms with Gasteiger partial charge in [0.05, 0.1) is 24.7 Å². The SMILES string of the molecule is CCOc1ccc(Nc2cnc3c(cnn3-c3ccccc3)n2)cc1. The van der Waals surface area contributed by atoms with Crippen molar-refractivity contribution in [3.05, 3.63) is 67.0 Å². The van der Waals surface area contributed by atoms with Crippen LogP contribution in [0.4, 0.5) is 11.5 Å². The van der Waals surface area contributed by atoms with Crippen molar-refractivity contribution in [2.24, 2.45) is 0 Å². The lowest BCUT2D eigenvalue weighted by Gasteiger charge is -2.07. The molecule has 0 spiro atoms. The summed E-state index contributed by atoms with van der Waals surface area (Å²) in [6.45, 7) is 2.62. The first kappa shape index (κ1) is 15.1. The zero-order valence-corrected chi connectivity index (χ0v) is 13.8. The summed E-state index contributed by atoms with van der Waals surface area (Å²) in [6, 6.07) is 17.6. The molecule has 1 N–H and O–H groups in total. The highest BCUT2D eigenvalue weighted by Crippen LogP contribution is 2.21. The van der Waals surface area contributed by atoms with Crippen molar-refractivity contribution in [1.29, 1.82) is 0 Å². The van der Waals surface area contributed by atoms with Gasteiger partial charge in [-0.2, -0.15) is 5.10 Å². The summed E-state index contributed by atoms with van der Waals surface area (Å²) in [5, 5.41) is 7.64. The number of ether oxygens (including phenoxy) is 1. The van der Waals surface area contributed by atoms with Crippen LogP contribution in [0.5, 0.6) is 5.75 Å². The molecule has 124 valence electrons. The van der Waals surface area contributed by atoms with Crippen LogP contribution in [0, 0.1) is 0 Å². The molecular weight excluding hydrogens is 314 g/mol. The van der Waals surface area contributed by atoms with Gasteiger partial charge in [-0.1, -0.05) is 18.2 Å². The molecular formula is C19H17N5O. The fourth-order valence-corrected chi connectivity index (χ4v) is 2.58. The van der Waals surface area contributed by atoms with E-state index in [1.807, 2.05) is 61.5 Å². The molecule has 0 radical (unpaired) electrons. The Kier molecular flexibility index (Phi) is 4.00. The first-order valence-corrected chi connectivity index (χ1v) is 8.09. The molecule has 4 rings (SSSR count). The largest absolute Gasteiger partial charge is 0.494 e. The third-order valence-electron chi connectivity index (χ3n) is 3.71. The zero-order chi connectivity index (χ0) is 17.1. The van der Waals surface area contributed by atoms with Crippen LogP contribution in [0.3, 0.4) is 0 Å². The summed E-state index contributed by atoms with van der Waals surface area (Å²) in [4.78, 5) is 9.10. The van der Waals surface area contributed by atoms with Gasteiger partial charge in [0.2, 0.25) is 0 Å². The summed E-state index contributed by atoms with van der Waals surface area (Å²) in [7, 11) is 0. The molecule has 2 heterocycles. The number of fused-ring (bicyclic) bond motifs is 1. The minimum atomic E-state index is 0.653. The number of nitrogens with zero attached hydrogens (tertiary/aromatic N) is 4. The lowest BCUT2D eigenvalue weighted by molar-refractivity contribution is 0.340. The van der Waals surface area contributed by atoms with Crippen LogP contribution in [0.25, 0.3) is 16.9 Å². The van der Waals surface area contributed by atoms with Crippen molar-refractivity contribution < 1.29 is 4.74 Å². The highest BCUT2D eigenvalue weighted by molar-refractivity contribution is 5.74. The number of hydrogen-bond acceptors (Lipinski definition) is 5. The lowest BCUT2D eigenvalue weighted by atomic mass is 10.3. The maximum atomic E-state index is 5.45. The van der Waals surface area contributed by atoms with Crippen LogP contribution >= 0.6 is 0 Å². The highest BCUT2D eigenvalue weighted by Gasteiger charge is 2.08. The van der Waals surface area contributed by atoms with Gasteiger partial charge in [0, 0.05) is 5.69 Å². The normalized spacial score (nSPS) is 10.8. The van der Waals surface area contributed by atoms with Crippen LogP contribution in [-0.4, -0.2) is 26.4 Å². The van der Waals surface area contributed by atoms with E-state index in [1.165, 1.54) is 0 Å². The van der Waals surface area contributed by atoms with E-state index >= 15 is 0 Å². The van der Waals surface area contributed by atoms with Gasteiger partial charge in [0.1, 0.15) is 17.1 Å². The zero-order valence-electron chi connectivity index (χ0n) is 13.8. The number of benzene rings is 2. The van der Waals surface area contributed by atoms with Crippen molar-refractivity contribution >= 4 is 22.7 Å². The van der Waals surface area contributed by atoms with E-state index in [-0.39, 0.29) is 0 Å². The number of para-hydroxylation sites is 1. The average Bonchev–Trinajstić information content (AvgIpc) is 3.07. The van der Waals surface area contributed by atoms with Gasteiger partial charge < -0.3 is 10.1 Å². The number of aromatic nitrogens is 4. The molecule has 25 heavy (non-hydrogen) atoms. The highest BCUT2D eigenvalue weighted by atomic mass is 16.5. The number of rotatable bonds is 5. The Morgan fingerprint density at radius 2 is 1.80 bits per heavy atom. The van der Waals surface area contributed by atoms with Crippen molar-refractivity contribution in [1.82, 2.24) is 19.7 Å². The molecule has 0 unspecified atom stereocenters. The van der Waals surface area contributed by atoms with E-state index in [2.05, 4.69) is 20.4 Å². The second-order valence-electron chi connectivity index (χ2n) is 5.44. The molecule has 2 aromatic carbocycles. The molecule has 0 bridgehead atoms. The van der Waals surface area contributed by atoms with Crippen LogP contribution in [-0.2, 0) is 0 Å². The van der Waals surface area contributed by atoms with Crippen molar-refractivity contribution in [2.45, 2.75) is 6.92 Å². The Balaban J connectivity index is 1.59. The third kappa shape index (κ3) is 3.14. The van der Waals surface area contributed by atoms with Crippen LogP contribution < -0.4 is 10.1 Å². The van der Waals surface area contributed by atoms with Crippen LogP contribution in [0.15, 0.2) is 67.0 Å². The second kappa shape index (κ2) is 6.60. The van der Waals surface area contributed by atoms with E-state index in [0.29, 0.717) is 12.4 Å². The van der Waals surface area contributed by atoms with Gasteiger partial charge in [0.25, 0.3) is 0 Å². The van der Waals surface area contributed by atoms with Crippen LogP contribution in [0.1, 0.15) is 6.92 Å². The summed E-state index contributed by atoms with van der Waals surface area (Å²) >= 11 is 0. The predicted octanol–water partition coefficient (Wildman–Crippen LogP) is 3.96. The quantitative estimate of drug-likeness (QED) is 0.600. The van der Waals surface area contributed by atoms with Crippen LogP contribution in [0.2, 0.25) is 0 Å². The molecule has 0 aliphatic rings. The first-order chi connectivity index (χ1) is 12.3. The van der Waals surface area contributed by atoms with E-state index in [9.17, 15) is 0 Å². The van der Waals surface area contributed by atoms with E-state index in [0.717, 1.165) is 28.3 Å². The smallest absolute Gasteiger partial charge is 0.181 e. The molecule has 0 aliphatic carbocycles. The van der Waals surface area contributed by atoms with Crippen molar-refractivity contribution in [3.8, 4) is 11.4 Å². The van der Waals surface area contributed by atoms with Gasteiger partial charge in [-0.25, -0.2) is 14.6 Å². The van der Waals surface area contributed by atoms with Gasteiger partial charge in [-0.3, -0.25) is 0 Å². The Morgan fingerprint density at radius 3 is 2.56 bits per heavy atom. The molecule has 0 aliphatic heterocycles. The summed E-state index contributed by atoms with van der Waals surface area (Å²) in [5.74, 6) is 1.52. The van der Waals surface area contributed by atoms with Gasteiger partial charge in [-0.05, 0) is 43.3 Å². The van der Waals surface area contributed by atoms with Gasteiger partial charge in [0.15, 0.2) is 5.65 Å². The molecule has 0 fully saturated rings. The maximum absolute atomic E-state index is 5.45. The minimum absolute atomic E-state index is 0.653. The molecule has 6 nitrogen and oxygen atoms in total. The maximum Gasteiger partial charge on any atom is 0.181 e. The number of nitrogens with one attached hydrogen (secondary N) is 1. The van der Waals surface area contributed by atoms with E-state index in [1.54, 1.807) is 17.1 Å². The minimum Gasteiger partial charge on any atom is -0.494 e. The number of anilines is 2. The second-order valence-corrected chi connectivity index (χ2v) is 5.44. The van der Waals surface area contributed by atoms with E-state index in [4.69, 9.17) is 4.74 Å². The monoisotopic (exact) mass is 331 g/mol. The summed E-state index contributed by atoms with van der Waals surface area (Å²) < 4.78 is 7.23. The van der Waals surface area contributed by atoms with Gasteiger partial charge in [-0.15, -0.1) is 0 Å². The van der Waals surface area contributed by atoms with E-state index < -0.39 is 0 Å². The Morgan fingerprint density at radius 1 is 1.00 bits per heavy atom. The lowest BCUT2D eigenvalue weighted by Crippen LogP contribution is -1.99. The van der Waals surface area contributed by atoms with Crippen molar-refractivity contribution in [2.75, 3.05) is 11.9 Å². The number of hydrogen-bond donors (Lipinski definition) is 1. The fraction of sp³-hybridized carbons (Fsp3) is 0.105. The molecule has 0 atom stereocenters. The predicted molar refractivity (Wildman–Crippen MR) is 97.6 cm³/mol. The molecule has 4 aromatic rings. The topological polar surface area (TPSA) is 64.9 Å².